The van der Waals surface area contributed by atoms with Crippen LogP contribution >= 0.6 is 23.4 Å². The molecule has 0 aliphatic carbocycles. The molecule has 1 atom stereocenters. The minimum Gasteiger partial charge on any atom is -0.352 e. The van der Waals surface area contributed by atoms with E-state index in [2.05, 4.69) is 16.9 Å². The van der Waals surface area contributed by atoms with Gasteiger partial charge in [0.05, 0.1) is 21.8 Å². The second-order valence-electron chi connectivity index (χ2n) is 5.83. The fourth-order valence-corrected chi connectivity index (χ4v) is 3.70. The van der Waals surface area contributed by atoms with E-state index in [0.717, 1.165) is 0 Å². The van der Waals surface area contributed by atoms with Crippen molar-refractivity contribution in [1.29, 1.82) is 0 Å². The van der Waals surface area contributed by atoms with Gasteiger partial charge < -0.3 is 5.32 Å². The summed E-state index contributed by atoms with van der Waals surface area (Å²) in [5, 5.41) is 3.77. The molecule has 1 heterocycles. The van der Waals surface area contributed by atoms with Crippen LogP contribution in [0.5, 0.6) is 0 Å². The van der Waals surface area contributed by atoms with Crippen molar-refractivity contribution in [2.24, 2.45) is 0 Å². The molecule has 27 heavy (non-hydrogen) atoms. The number of halogens is 1. The van der Waals surface area contributed by atoms with Crippen LogP contribution in [-0.4, -0.2) is 27.3 Å². The molecule has 3 aromatic rings. The molecular weight excluding hydrogens is 382 g/mol. The topological polar surface area (TPSA) is 64.0 Å². The molecule has 7 heteroatoms. The maximum atomic E-state index is 13.1. The summed E-state index contributed by atoms with van der Waals surface area (Å²) in [6, 6.07) is 14.1. The second kappa shape index (κ2) is 8.41. The second-order valence-corrected chi connectivity index (χ2v) is 7.57. The highest BCUT2D eigenvalue weighted by atomic mass is 35.5. The summed E-state index contributed by atoms with van der Waals surface area (Å²) in [6.45, 7) is 5.75. The third-order valence-electron chi connectivity index (χ3n) is 3.88. The summed E-state index contributed by atoms with van der Waals surface area (Å²) in [4.78, 5) is 30.0. The van der Waals surface area contributed by atoms with Crippen LogP contribution in [-0.2, 0) is 4.79 Å². The number of nitrogens with one attached hydrogen (secondary N) is 1. The quantitative estimate of drug-likeness (QED) is 0.389. The Morgan fingerprint density at radius 2 is 2.11 bits per heavy atom. The zero-order valence-corrected chi connectivity index (χ0v) is 16.3. The molecule has 138 valence electrons. The summed E-state index contributed by atoms with van der Waals surface area (Å²) in [6.07, 6.45) is 1.62. The van der Waals surface area contributed by atoms with Gasteiger partial charge in [-0.2, -0.15) is 0 Å². The van der Waals surface area contributed by atoms with Crippen LogP contribution in [0.3, 0.4) is 0 Å². The van der Waals surface area contributed by atoms with Crippen molar-refractivity contribution in [2.75, 3.05) is 6.54 Å². The minimum absolute atomic E-state index is 0.153. The van der Waals surface area contributed by atoms with Crippen LogP contribution in [0.25, 0.3) is 16.6 Å². The normalized spacial score (nSPS) is 11.9. The maximum absolute atomic E-state index is 13.1. The van der Waals surface area contributed by atoms with Crippen molar-refractivity contribution in [2.45, 2.75) is 17.3 Å². The van der Waals surface area contributed by atoms with E-state index in [9.17, 15) is 9.59 Å². The monoisotopic (exact) mass is 399 g/mol. The number of benzene rings is 2. The molecule has 2 aromatic carbocycles. The number of hydrogen-bond donors (Lipinski definition) is 1. The number of nitrogens with zero attached hydrogens (tertiary/aromatic N) is 2. The molecule has 0 aliphatic rings. The van der Waals surface area contributed by atoms with Gasteiger partial charge in [-0.05, 0) is 37.3 Å². The van der Waals surface area contributed by atoms with E-state index >= 15 is 0 Å². The Bertz CT molecular complexity index is 1060. The molecular formula is C20H18ClN3O2S. The van der Waals surface area contributed by atoms with E-state index in [0.29, 0.717) is 33.3 Å². The van der Waals surface area contributed by atoms with Crippen molar-refractivity contribution in [3.05, 3.63) is 76.6 Å². The number of aromatic nitrogens is 2. The van der Waals surface area contributed by atoms with Gasteiger partial charge in [0.15, 0.2) is 5.16 Å². The van der Waals surface area contributed by atoms with Gasteiger partial charge >= 0.3 is 0 Å². The molecule has 0 radical (unpaired) electrons. The highest BCUT2D eigenvalue weighted by Gasteiger charge is 2.20. The van der Waals surface area contributed by atoms with Crippen LogP contribution in [0.15, 0.2) is 71.1 Å². The molecule has 5 nitrogen and oxygen atoms in total. The smallest absolute Gasteiger partial charge is 0.266 e. The predicted octanol–water partition coefficient (Wildman–Crippen LogP) is 3.82. The Balaban J connectivity index is 2.12. The van der Waals surface area contributed by atoms with Crippen LogP contribution in [0.2, 0.25) is 5.02 Å². The summed E-state index contributed by atoms with van der Waals surface area (Å²) in [5.41, 5.74) is 0.984. The van der Waals surface area contributed by atoms with Crippen LogP contribution in [0, 0.1) is 0 Å². The average molecular weight is 400 g/mol. The van der Waals surface area contributed by atoms with Gasteiger partial charge in [0, 0.05) is 11.6 Å². The van der Waals surface area contributed by atoms with Gasteiger partial charge in [-0.1, -0.05) is 47.6 Å². The van der Waals surface area contributed by atoms with E-state index in [-0.39, 0.29) is 11.5 Å². The average Bonchev–Trinajstić information content (AvgIpc) is 2.66. The Morgan fingerprint density at radius 1 is 1.33 bits per heavy atom. The summed E-state index contributed by atoms with van der Waals surface area (Å²) < 4.78 is 1.50. The number of carbonyl (C=O) groups excluding carboxylic acids is 1. The molecule has 1 N–H and O–H groups in total. The minimum atomic E-state index is -0.441. The highest BCUT2D eigenvalue weighted by molar-refractivity contribution is 8.00. The van der Waals surface area contributed by atoms with Crippen LogP contribution in [0.1, 0.15) is 6.92 Å². The number of hydrogen-bond acceptors (Lipinski definition) is 4. The lowest BCUT2D eigenvalue weighted by atomic mass is 10.2. The predicted molar refractivity (Wildman–Crippen MR) is 111 cm³/mol. The first-order valence-electron chi connectivity index (χ1n) is 8.34. The highest BCUT2D eigenvalue weighted by Crippen LogP contribution is 2.26. The van der Waals surface area contributed by atoms with Crippen molar-refractivity contribution in [3.63, 3.8) is 0 Å². The first kappa shape index (κ1) is 19.2. The molecule has 3 rings (SSSR count). The van der Waals surface area contributed by atoms with Crippen molar-refractivity contribution < 1.29 is 4.79 Å². The Hall–Kier alpha value is -2.57. The van der Waals surface area contributed by atoms with Gasteiger partial charge in [0.1, 0.15) is 0 Å². The van der Waals surface area contributed by atoms with Crippen molar-refractivity contribution in [1.82, 2.24) is 14.9 Å². The fourth-order valence-electron chi connectivity index (χ4n) is 2.56. The van der Waals surface area contributed by atoms with Gasteiger partial charge in [0.2, 0.25) is 5.91 Å². The lowest BCUT2D eigenvalue weighted by Crippen LogP contribution is -2.32. The molecule has 0 aliphatic heterocycles. The molecule has 0 fully saturated rings. The van der Waals surface area contributed by atoms with E-state index in [4.69, 9.17) is 11.6 Å². The Labute approximate surface area is 166 Å². The molecule has 0 spiro atoms. The summed E-state index contributed by atoms with van der Waals surface area (Å²) in [7, 11) is 0. The number of rotatable bonds is 6. The van der Waals surface area contributed by atoms with E-state index in [1.807, 2.05) is 6.07 Å². The van der Waals surface area contributed by atoms with E-state index in [1.165, 1.54) is 16.3 Å². The summed E-state index contributed by atoms with van der Waals surface area (Å²) in [5.74, 6) is -0.153. The van der Waals surface area contributed by atoms with Crippen LogP contribution < -0.4 is 10.9 Å². The third-order valence-corrected chi connectivity index (χ3v) is 5.17. The fraction of sp³-hybridized carbons (Fsp3) is 0.150. The molecule has 0 saturated heterocycles. The number of thioether (sulfide) groups is 1. The molecule has 0 unspecified atom stereocenters. The number of fused-ring (bicyclic) bond motifs is 1. The largest absolute Gasteiger partial charge is 0.352 e. The number of carbonyl (C=O) groups is 1. The molecule has 1 aromatic heterocycles. The van der Waals surface area contributed by atoms with Gasteiger partial charge in [-0.3, -0.25) is 14.2 Å². The zero-order valence-electron chi connectivity index (χ0n) is 14.7. The molecule has 0 saturated carbocycles. The van der Waals surface area contributed by atoms with Crippen LogP contribution in [0.4, 0.5) is 0 Å². The number of para-hydroxylation sites is 1. The summed E-state index contributed by atoms with van der Waals surface area (Å²) >= 11 is 7.34. The van der Waals surface area contributed by atoms with Gasteiger partial charge in [-0.25, -0.2) is 4.98 Å². The van der Waals surface area contributed by atoms with Crippen molar-refractivity contribution in [3.8, 4) is 5.69 Å². The Kier molecular flexibility index (Phi) is 5.98. The lowest BCUT2D eigenvalue weighted by molar-refractivity contribution is -0.120. The van der Waals surface area contributed by atoms with Gasteiger partial charge in [0.25, 0.3) is 5.56 Å². The van der Waals surface area contributed by atoms with Crippen molar-refractivity contribution >= 4 is 40.2 Å². The van der Waals surface area contributed by atoms with E-state index in [1.54, 1.807) is 55.5 Å². The van der Waals surface area contributed by atoms with Gasteiger partial charge in [-0.15, -0.1) is 6.58 Å². The molecule has 0 bridgehead atoms. The standard InChI is InChI=1S/C20H18ClN3O2S/c1-3-11-22-18(25)13(2)27-20-23-17-10-5-4-9-16(17)19(26)24(20)15-8-6-7-14(21)12-15/h3-10,12-13H,1,11H2,2H3,(H,22,25)/t13-/m0/s1. The SMILES string of the molecule is C=CCNC(=O)[C@H](C)Sc1nc2ccccc2c(=O)n1-c1cccc(Cl)c1. The maximum Gasteiger partial charge on any atom is 0.266 e. The Morgan fingerprint density at radius 3 is 2.85 bits per heavy atom. The molecule has 1 amide bonds. The first-order chi connectivity index (χ1) is 13.0. The van der Waals surface area contributed by atoms with E-state index < -0.39 is 5.25 Å². The third kappa shape index (κ3) is 4.23. The zero-order chi connectivity index (χ0) is 19.4. The lowest BCUT2D eigenvalue weighted by Gasteiger charge is -2.16. The number of amides is 1. The first-order valence-corrected chi connectivity index (χ1v) is 9.60.